The molecule has 0 radical (unpaired) electrons. The van der Waals surface area contributed by atoms with Crippen LogP contribution in [0.25, 0.3) is 0 Å². The molecule has 0 saturated heterocycles. The van der Waals surface area contributed by atoms with Crippen LogP contribution in [-0.2, 0) is 11.3 Å². The zero-order valence-electron chi connectivity index (χ0n) is 11.3. The van der Waals surface area contributed by atoms with Gasteiger partial charge in [-0.25, -0.2) is 5.84 Å². The van der Waals surface area contributed by atoms with Crippen molar-refractivity contribution in [3.63, 3.8) is 0 Å². The number of hydrogen-bond acceptors (Lipinski definition) is 3. The van der Waals surface area contributed by atoms with Gasteiger partial charge >= 0.3 is 0 Å². The molecule has 0 fully saturated rings. The van der Waals surface area contributed by atoms with Crippen LogP contribution in [-0.4, -0.2) is 24.4 Å². The second-order valence-electron chi connectivity index (χ2n) is 4.69. The number of nitrogens with two attached hydrogens (primary N) is 1. The highest BCUT2D eigenvalue weighted by molar-refractivity contribution is 5.75. The van der Waals surface area contributed by atoms with E-state index >= 15 is 0 Å². The lowest BCUT2D eigenvalue weighted by molar-refractivity contribution is -0.121. The zero-order chi connectivity index (χ0) is 13.4. The van der Waals surface area contributed by atoms with Gasteiger partial charge < -0.3 is 4.90 Å². The van der Waals surface area contributed by atoms with Gasteiger partial charge in [-0.15, -0.1) is 0 Å². The molecule has 0 unspecified atom stereocenters. The number of carbonyl (C=O) groups is 1. The minimum atomic E-state index is -0.0865. The first kappa shape index (κ1) is 14.7. The lowest BCUT2D eigenvalue weighted by Crippen LogP contribution is -2.29. The van der Waals surface area contributed by atoms with Crippen LogP contribution < -0.4 is 11.3 Å². The van der Waals surface area contributed by atoms with Crippen LogP contribution in [0, 0.1) is 6.92 Å². The Morgan fingerprint density at radius 1 is 1.33 bits per heavy atom. The van der Waals surface area contributed by atoms with E-state index in [-0.39, 0.29) is 5.91 Å². The Morgan fingerprint density at radius 2 is 2.06 bits per heavy atom. The van der Waals surface area contributed by atoms with Gasteiger partial charge in [-0.3, -0.25) is 10.2 Å². The van der Waals surface area contributed by atoms with Crippen molar-refractivity contribution in [2.45, 2.75) is 32.7 Å². The van der Waals surface area contributed by atoms with E-state index in [4.69, 9.17) is 5.84 Å². The highest BCUT2D eigenvalue weighted by Crippen LogP contribution is 2.10. The van der Waals surface area contributed by atoms with Crippen molar-refractivity contribution in [1.82, 2.24) is 10.3 Å². The number of rotatable bonds is 7. The molecule has 0 heterocycles. The van der Waals surface area contributed by atoms with Gasteiger partial charge in [-0.2, -0.15) is 0 Å². The molecule has 0 bridgehead atoms. The van der Waals surface area contributed by atoms with Gasteiger partial charge in [0.1, 0.15) is 0 Å². The maximum absolute atomic E-state index is 10.9. The first-order chi connectivity index (χ1) is 8.63. The molecule has 1 aromatic carbocycles. The molecule has 1 rings (SSSR count). The molecule has 0 aromatic heterocycles. The van der Waals surface area contributed by atoms with Gasteiger partial charge in [0.25, 0.3) is 0 Å². The number of hydrogen-bond donors (Lipinski definition) is 2. The molecule has 3 N–H and O–H groups in total. The molecular weight excluding hydrogens is 226 g/mol. The summed E-state index contributed by atoms with van der Waals surface area (Å²) >= 11 is 0. The van der Waals surface area contributed by atoms with E-state index < -0.39 is 0 Å². The van der Waals surface area contributed by atoms with Crippen molar-refractivity contribution < 1.29 is 4.79 Å². The average molecular weight is 249 g/mol. The number of carbonyl (C=O) groups excluding carboxylic acids is 1. The molecule has 0 aliphatic heterocycles. The van der Waals surface area contributed by atoms with Crippen LogP contribution >= 0.6 is 0 Å². The van der Waals surface area contributed by atoms with Crippen LogP contribution in [0.15, 0.2) is 24.3 Å². The van der Waals surface area contributed by atoms with Crippen molar-refractivity contribution >= 4 is 5.91 Å². The number of benzene rings is 1. The predicted molar refractivity (Wildman–Crippen MR) is 73.7 cm³/mol. The standard InChI is InChI=1S/C14H23N3O/c1-12-7-3-4-8-13(12)11-17(2)10-6-5-9-14(18)16-15/h3-4,7-8H,5-6,9-11,15H2,1-2H3,(H,16,18). The van der Waals surface area contributed by atoms with Gasteiger partial charge in [0.15, 0.2) is 0 Å². The van der Waals surface area contributed by atoms with E-state index in [1.165, 1.54) is 11.1 Å². The third kappa shape index (κ3) is 5.29. The first-order valence-corrected chi connectivity index (χ1v) is 6.36. The van der Waals surface area contributed by atoms with Gasteiger partial charge in [-0.05, 0) is 44.5 Å². The van der Waals surface area contributed by atoms with Crippen molar-refractivity contribution in [3.8, 4) is 0 Å². The third-order valence-corrected chi connectivity index (χ3v) is 3.06. The number of unbranched alkanes of at least 4 members (excludes halogenated alkanes) is 1. The Kier molecular flexibility index (Phi) is 6.39. The lowest BCUT2D eigenvalue weighted by atomic mass is 10.1. The van der Waals surface area contributed by atoms with Gasteiger partial charge in [-0.1, -0.05) is 24.3 Å². The van der Waals surface area contributed by atoms with Gasteiger partial charge in [0.2, 0.25) is 5.91 Å². The van der Waals surface area contributed by atoms with E-state index in [2.05, 4.69) is 48.6 Å². The maximum Gasteiger partial charge on any atom is 0.233 e. The minimum Gasteiger partial charge on any atom is -0.302 e. The normalized spacial score (nSPS) is 10.7. The fourth-order valence-electron chi connectivity index (χ4n) is 1.90. The predicted octanol–water partition coefficient (Wildman–Crippen LogP) is 1.59. The molecule has 0 aliphatic carbocycles. The molecule has 18 heavy (non-hydrogen) atoms. The summed E-state index contributed by atoms with van der Waals surface area (Å²) in [6.45, 7) is 4.08. The number of nitrogens with one attached hydrogen (secondary N) is 1. The summed E-state index contributed by atoms with van der Waals surface area (Å²) in [5, 5.41) is 0. The summed E-state index contributed by atoms with van der Waals surface area (Å²) in [5.74, 6) is 4.94. The molecule has 1 amide bonds. The van der Waals surface area contributed by atoms with E-state index in [1.54, 1.807) is 0 Å². The van der Waals surface area contributed by atoms with Crippen LogP contribution in [0.5, 0.6) is 0 Å². The van der Waals surface area contributed by atoms with Gasteiger partial charge in [0, 0.05) is 13.0 Å². The fraction of sp³-hybridized carbons (Fsp3) is 0.500. The fourth-order valence-corrected chi connectivity index (χ4v) is 1.90. The van der Waals surface area contributed by atoms with Crippen LogP contribution in [0.4, 0.5) is 0 Å². The topological polar surface area (TPSA) is 58.4 Å². The van der Waals surface area contributed by atoms with Crippen molar-refractivity contribution in [2.75, 3.05) is 13.6 Å². The molecule has 0 aliphatic rings. The molecule has 4 nitrogen and oxygen atoms in total. The van der Waals surface area contributed by atoms with E-state index in [0.29, 0.717) is 6.42 Å². The number of aryl methyl sites for hydroxylation is 1. The Hall–Kier alpha value is -1.39. The zero-order valence-corrected chi connectivity index (χ0v) is 11.3. The lowest BCUT2D eigenvalue weighted by Gasteiger charge is -2.17. The Labute approximate surface area is 109 Å². The summed E-state index contributed by atoms with van der Waals surface area (Å²) in [5.41, 5.74) is 4.83. The highest BCUT2D eigenvalue weighted by Gasteiger charge is 2.03. The molecule has 0 spiro atoms. The summed E-state index contributed by atoms with van der Waals surface area (Å²) < 4.78 is 0. The summed E-state index contributed by atoms with van der Waals surface area (Å²) in [4.78, 5) is 13.2. The van der Waals surface area contributed by atoms with E-state index in [1.807, 2.05) is 0 Å². The molecule has 4 heteroatoms. The first-order valence-electron chi connectivity index (χ1n) is 6.36. The second kappa shape index (κ2) is 7.84. The smallest absolute Gasteiger partial charge is 0.233 e. The van der Waals surface area contributed by atoms with E-state index in [9.17, 15) is 4.79 Å². The van der Waals surface area contributed by atoms with Crippen LogP contribution in [0.1, 0.15) is 30.4 Å². The third-order valence-electron chi connectivity index (χ3n) is 3.06. The number of hydrazine groups is 1. The molecule has 1 aromatic rings. The van der Waals surface area contributed by atoms with Crippen molar-refractivity contribution in [1.29, 1.82) is 0 Å². The minimum absolute atomic E-state index is 0.0865. The number of amides is 1. The Balaban J connectivity index is 2.24. The Morgan fingerprint density at radius 3 is 2.72 bits per heavy atom. The average Bonchev–Trinajstić information content (AvgIpc) is 2.37. The van der Waals surface area contributed by atoms with Crippen LogP contribution in [0.3, 0.4) is 0 Å². The van der Waals surface area contributed by atoms with E-state index in [0.717, 1.165) is 25.9 Å². The second-order valence-corrected chi connectivity index (χ2v) is 4.69. The van der Waals surface area contributed by atoms with Crippen molar-refractivity contribution in [2.24, 2.45) is 5.84 Å². The Bertz CT molecular complexity index is 379. The summed E-state index contributed by atoms with van der Waals surface area (Å²) in [6.07, 6.45) is 2.39. The molecule has 100 valence electrons. The summed E-state index contributed by atoms with van der Waals surface area (Å²) in [6, 6.07) is 8.43. The molecular formula is C14H23N3O. The molecule has 0 saturated carbocycles. The maximum atomic E-state index is 10.9. The van der Waals surface area contributed by atoms with Crippen LogP contribution in [0.2, 0.25) is 0 Å². The SMILES string of the molecule is Cc1ccccc1CN(C)CCCCC(=O)NN. The summed E-state index contributed by atoms with van der Waals surface area (Å²) in [7, 11) is 2.11. The van der Waals surface area contributed by atoms with Crippen molar-refractivity contribution in [3.05, 3.63) is 35.4 Å². The highest BCUT2D eigenvalue weighted by atomic mass is 16.2. The monoisotopic (exact) mass is 249 g/mol. The quantitative estimate of drug-likeness (QED) is 0.334. The largest absolute Gasteiger partial charge is 0.302 e. The number of nitrogens with zero attached hydrogens (tertiary/aromatic N) is 1. The molecule has 0 atom stereocenters. The van der Waals surface area contributed by atoms with Gasteiger partial charge in [0.05, 0.1) is 0 Å².